The number of anilines is 2. The van der Waals surface area contributed by atoms with Gasteiger partial charge in [-0.05, 0) is 76.7 Å². The van der Waals surface area contributed by atoms with Crippen molar-refractivity contribution in [1.29, 1.82) is 0 Å². The van der Waals surface area contributed by atoms with Crippen molar-refractivity contribution in [3.63, 3.8) is 0 Å². The molecule has 0 atom stereocenters. The molecule has 56 heavy (non-hydrogen) atoms. The van der Waals surface area contributed by atoms with Gasteiger partial charge in [0.05, 0.1) is 22.4 Å². The second-order valence-electron chi connectivity index (χ2n) is 14.0. The van der Waals surface area contributed by atoms with E-state index in [9.17, 15) is 0 Å². The Morgan fingerprint density at radius 3 is 1.86 bits per heavy atom. The lowest BCUT2D eigenvalue weighted by molar-refractivity contribution is 1.18. The number of nitrogens with one attached hydrogen (secondary N) is 1. The van der Waals surface area contributed by atoms with Gasteiger partial charge in [0.15, 0.2) is 5.82 Å². The zero-order chi connectivity index (χ0) is 37.4. The Balaban J connectivity index is 1.06. The van der Waals surface area contributed by atoms with E-state index in [2.05, 4.69) is 156 Å². The monoisotopic (exact) mass is 716 g/mol. The quantitative estimate of drug-likeness (QED) is 0.170. The van der Waals surface area contributed by atoms with Crippen LogP contribution in [-0.2, 0) is 0 Å². The van der Waals surface area contributed by atoms with Gasteiger partial charge in [-0.3, -0.25) is 0 Å². The lowest BCUT2D eigenvalue weighted by Crippen LogP contribution is -1.97. The molecule has 1 N–H and O–H groups in total. The molecule has 0 aliphatic rings. The molecule has 0 saturated heterocycles. The van der Waals surface area contributed by atoms with Gasteiger partial charge in [0.1, 0.15) is 0 Å². The highest BCUT2D eigenvalue weighted by molar-refractivity contribution is 6.19. The van der Waals surface area contributed by atoms with Crippen LogP contribution in [0.4, 0.5) is 11.4 Å². The molecule has 0 amide bonds. The van der Waals surface area contributed by atoms with Gasteiger partial charge in [0, 0.05) is 49.9 Å². The fourth-order valence-corrected chi connectivity index (χ4v) is 7.80. The average Bonchev–Trinajstić information content (AvgIpc) is 3.62. The summed E-state index contributed by atoms with van der Waals surface area (Å²) < 4.78 is 2.40. The minimum Gasteiger partial charge on any atom is -0.355 e. The van der Waals surface area contributed by atoms with E-state index in [4.69, 9.17) is 9.97 Å². The topological polar surface area (TPSA) is 42.7 Å². The van der Waals surface area contributed by atoms with Gasteiger partial charge >= 0.3 is 0 Å². The van der Waals surface area contributed by atoms with Gasteiger partial charge < -0.3 is 9.88 Å². The van der Waals surface area contributed by atoms with Gasteiger partial charge in [0.25, 0.3) is 0 Å². The van der Waals surface area contributed by atoms with Crippen molar-refractivity contribution in [3.05, 3.63) is 206 Å². The fourth-order valence-electron chi connectivity index (χ4n) is 7.80. The van der Waals surface area contributed by atoms with E-state index in [1.807, 2.05) is 60.7 Å². The lowest BCUT2D eigenvalue weighted by atomic mass is 10.00. The second kappa shape index (κ2) is 14.0. The molecule has 0 aliphatic carbocycles. The molecule has 2 heterocycles. The lowest BCUT2D eigenvalue weighted by Gasteiger charge is -2.15. The molecule has 0 aliphatic heterocycles. The summed E-state index contributed by atoms with van der Waals surface area (Å²) in [5, 5.41) is 8.39. The normalized spacial score (nSPS) is 11.3. The van der Waals surface area contributed by atoms with Crippen LogP contribution < -0.4 is 5.32 Å². The summed E-state index contributed by atoms with van der Waals surface area (Å²) in [5.74, 6) is 0.708. The van der Waals surface area contributed by atoms with Crippen LogP contribution >= 0.6 is 0 Å². The summed E-state index contributed by atoms with van der Waals surface area (Å²) in [4.78, 5) is 10.1. The van der Waals surface area contributed by atoms with Gasteiger partial charge in [-0.2, -0.15) is 0 Å². The summed E-state index contributed by atoms with van der Waals surface area (Å²) in [5.41, 5.74) is 13.7. The van der Waals surface area contributed by atoms with Crippen LogP contribution in [0.2, 0.25) is 0 Å². The van der Waals surface area contributed by atoms with Crippen molar-refractivity contribution >= 4 is 50.0 Å². The summed E-state index contributed by atoms with van der Waals surface area (Å²) in [6.07, 6.45) is 1.94. The van der Waals surface area contributed by atoms with E-state index in [1.165, 1.54) is 27.2 Å². The van der Waals surface area contributed by atoms with Crippen molar-refractivity contribution in [1.82, 2.24) is 14.5 Å². The largest absolute Gasteiger partial charge is 0.355 e. The van der Waals surface area contributed by atoms with Gasteiger partial charge in [-0.1, -0.05) is 152 Å². The van der Waals surface area contributed by atoms with Gasteiger partial charge in [-0.15, -0.1) is 0 Å². The number of hydrogen-bond acceptors (Lipinski definition) is 3. The predicted molar refractivity (Wildman–Crippen MR) is 235 cm³/mol. The first-order valence-corrected chi connectivity index (χ1v) is 18.9. The van der Waals surface area contributed by atoms with E-state index >= 15 is 0 Å². The number of nitrogens with zero attached hydrogens (tertiary/aromatic N) is 3. The third-order valence-electron chi connectivity index (χ3n) is 10.5. The van der Waals surface area contributed by atoms with Crippen molar-refractivity contribution in [2.75, 3.05) is 5.32 Å². The molecule has 10 aromatic rings. The third kappa shape index (κ3) is 6.00. The predicted octanol–water partition coefficient (Wildman–Crippen LogP) is 13.8. The van der Waals surface area contributed by atoms with Gasteiger partial charge in [-0.25, -0.2) is 9.97 Å². The zero-order valence-corrected chi connectivity index (χ0v) is 30.6. The second-order valence-corrected chi connectivity index (χ2v) is 14.0. The first-order chi connectivity index (χ1) is 27.7. The highest BCUT2D eigenvalue weighted by Crippen LogP contribution is 2.39. The number of rotatable bonds is 8. The SMILES string of the molecule is C=Cc1cc2c(ccc3c4ccccc4n(-c4ccc(-c5cccc(-c6cc(-c7ccccc7)nc(-c7ccccc7)n6)c5)cc4)c23)cc1Nc1ccccc1. The molecule has 0 spiro atoms. The Labute approximate surface area is 325 Å². The molecular weight excluding hydrogens is 681 g/mol. The Morgan fingerprint density at radius 1 is 0.464 bits per heavy atom. The molecule has 0 unspecified atom stereocenters. The molecule has 4 nitrogen and oxygen atoms in total. The van der Waals surface area contributed by atoms with Crippen LogP contribution in [0.3, 0.4) is 0 Å². The average molecular weight is 717 g/mol. The van der Waals surface area contributed by atoms with Crippen molar-refractivity contribution in [3.8, 4) is 50.7 Å². The molecule has 2 aromatic heterocycles. The molecule has 10 rings (SSSR count). The van der Waals surface area contributed by atoms with E-state index in [0.29, 0.717) is 5.82 Å². The molecule has 264 valence electrons. The van der Waals surface area contributed by atoms with Crippen LogP contribution in [0.5, 0.6) is 0 Å². The van der Waals surface area contributed by atoms with E-state index in [0.717, 1.165) is 67.2 Å². The Kier molecular flexibility index (Phi) is 8.27. The molecule has 0 fully saturated rings. The van der Waals surface area contributed by atoms with Crippen LogP contribution in [0.15, 0.2) is 201 Å². The maximum absolute atomic E-state index is 5.08. The number of fused-ring (bicyclic) bond motifs is 5. The molecule has 0 saturated carbocycles. The standard InChI is InChI=1S/C52H36N4/c1-2-35-32-46-40(33-47(35)53-42-21-10-5-11-22-42)27-30-45-44-23-12-13-24-50(44)56(51(45)46)43-28-25-36(26-29-43)39-19-14-20-41(31-39)49-34-48(37-15-6-3-7-16-37)54-52(55-49)38-17-8-4-9-18-38/h2-34,53H,1H2. The fraction of sp³-hybridized carbons (Fsp3) is 0. The highest BCUT2D eigenvalue weighted by atomic mass is 15.0. The van der Waals surface area contributed by atoms with E-state index < -0.39 is 0 Å². The van der Waals surface area contributed by atoms with E-state index in [-0.39, 0.29) is 0 Å². The summed E-state index contributed by atoms with van der Waals surface area (Å²) in [6, 6.07) is 68.1. The zero-order valence-electron chi connectivity index (χ0n) is 30.6. The summed E-state index contributed by atoms with van der Waals surface area (Å²) in [7, 11) is 0. The molecule has 4 heteroatoms. The van der Waals surface area contributed by atoms with Crippen molar-refractivity contribution in [2.24, 2.45) is 0 Å². The van der Waals surface area contributed by atoms with E-state index in [1.54, 1.807) is 0 Å². The van der Waals surface area contributed by atoms with Crippen molar-refractivity contribution < 1.29 is 0 Å². The van der Waals surface area contributed by atoms with Crippen LogP contribution in [0.1, 0.15) is 5.56 Å². The Bertz CT molecular complexity index is 2980. The smallest absolute Gasteiger partial charge is 0.160 e. The Morgan fingerprint density at radius 2 is 1.11 bits per heavy atom. The minimum atomic E-state index is 0.708. The molecule has 8 aromatic carbocycles. The summed E-state index contributed by atoms with van der Waals surface area (Å²) in [6.45, 7) is 4.19. The number of benzene rings is 8. The maximum atomic E-state index is 5.08. The maximum Gasteiger partial charge on any atom is 0.160 e. The number of para-hydroxylation sites is 2. The molecule has 0 radical (unpaired) electrons. The van der Waals surface area contributed by atoms with Gasteiger partial charge in [0.2, 0.25) is 0 Å². The first-order valence-electron chi connectivity index (χ1n) is 18.9. The minimum absolute atomic E-state index is 0.708. The summed E-state index contributed by atoms with van der Waals surface area (Å²) >= 11 is 0. The molecular formula is C52H36N4. The van der Waals surface area contributed by atoms with Crippen molar-refractivity contribution in [2.45, 2.75) is 0 Å². The Hall–Kier alpha value is -7.56. The number of hydrogen-bond donors (Lipinski definition) is 1. The van der Waals surface area contributed by atoms with Crippen LogP contribution in [-0.4, -0.2) is 14.5 Å². The van der Waals surface area contributed by atoms with Crippen LogP contribution in [0.25, 0.3) is 89.4 Å². The third-order valence-corrected chi connectivity index (χ3v) is 10.5. The molecule has 0 bridgehead atoms. The first kappa shape index (κ1) is 33.0. The number of aromatic nitrogens is 3. The highest BCUT2D eigenvalue weighted by Gasteiger charge is 2.17. The van der Waals surface area contributed by atoms with Crippen LogP contribution in [0, 0.1) is 0 Å².